The van der Waals surface area contributed by atoms with Crippen molar-refractivity contribution in [2.24, 2.45) is 7.05 Å². The first-order valence-corrected chi connectivity index (χ1v) is 10.4. The van der Waals surface area contributed by atoms with Gasteiger partial charge in [-0.3, -0.25) is 9.58 Å². The fraction of sp³-hybridized carbons (Fsp3) is 0.500. The quantitative estimate of drug-likeness (QED) is 0.829. The van der Waals surface area contributed by atoms with E-state index < -0.39 is 10.0 Å². The van der Waals surface area contributed by atoms with Crippen molar-refractivity contribution in [3.05, 3.63) is 53.3 Å². The van der Waals surface area contributed by atoms with Gasteiger partial charge in [-0.15, -0.1) is 0 Å². The van der Waals surface area contributed by atoms with Crippen LogP contribution < -0.4 is 0 Å². The van der Waals surface area contributed by atoms with Crippen molar-refractivity contribution >= 4 is 10.0 Å². The van der Waals surface area contributed by atoms with Crippen LogP contribution in [0.4, 0.5) is 0 Å². The van der Waals surface area contributed by atoms with Gasteiger partial charge in [0.15, 0.2) is 0 Å². The highest BCUT2D eigenvalue weighted by atomic mass is 32.2. The number of sulfonamides is 1. The maximum absolute atomic E-state index is 12.0. The molecular weight excluding hydrogens is 336 g/mol. The first kappa shape index (κ1) is 16.8. The Kier molecular flexibility index (Phi) is 3.97. The molecule has 1 spiro atoms. The van der Waals surface area contributed by atoms with Gasteiger partial charge in [0.2, 0.25) is 10.0 Å². The van der Waals surface area contributed by atoms with E-state index in [1.807, 2.05) is 17.8 Å². The largest absolute Gasteiger partial charge is 0.294 e. The van der Waals surface area contributed by atoms with Gasteiger partial charge in [-0.2, -0.15) is 5.10 Å². The number of aryl methyl sites for hydroxylation is 1. The van der Waals surface area contributed by atoms with Gasteiger partial charge in [0.1, 0.15) is 0 Å². The summed E-state index contributed by atoms with van der Waals surface area (Å²) in [5.74, 6) is 0. The molecule has 134 valence electrons. The molecule has 2 aromatic rings. The number of fused-ring (bicyclic) bond motifs is 2. The van der Waals surface area contributed by atoms with Crippen molar-refractivity contribution in [2.45, 2.75) is 24.9 Å². The summed E-state index contributed by atoms with van der Waals surface area (Å²) in [6.45, 7) is 3.68. The van der Waals surface area contributed by atoms with Crippen LogP contribution in [0.1, 0.15) is 23.2 Å². The van der Waals surface area contributed by atoms with E-state index in [0.717, 1.165) is 31.7 Å². The number of benzene rings is 1. The van der Waals surface area contributed by atoms with Crippen molar-refractivity contribution in [1.29, 1.82) is 0 Å². The van der Waals surface area contributed by atoms with E-state index in [2.05, 4.69) is 35.4 Å². The number of aromatic nitrogens is 2. The van der Waals surface area contributed by atoms with Crippen LogP contribution in [0, 0.1) is 0 Å². The molecule has 1 fully saturated rings. The van der Waals surface area contributed by atoms with E-state index >= 15 is 0 Å². The highest BCUT2D eigenvalue weighted by Gasteiger charge is 2.48. The summed E-state index contributed by atoms with van der Waals surface area (Å²) in [6.07, 6.45) is 4.21. The fourth-order valence-corrected chi connectivity index (χ4v) is 5.20. The van der Waals surface area contributed by atoms with E-state index in [-0.39, 0.29) is 5.41 Å². The lowest BCUT2D eigenvalue weighted by Crippen LogP contribution is -2.47. The van der Waals surface area contributed by atoms with Crippen LogP contribution in [0.3, 0.4) is 0 Å². The third kappa shape index (κ3) is 3.12. The Morgan fingerprint density at radius 1 is 1.20 bits per heavy atom. The van der Waals surface area contributed by atoms with Crippen LogP contribution >= 0.6 is 0 Å². The maximum Gasteiger partial charge on any atom is 0.211 e. The Balaban J connectivity index is 1.66. The van der Waals surface area contributed by atoms with Crippen molar-refractivity contribution in [3.8, 4) is 0 Å². The molecule has 3 heterocycles. The van der Waals surface area contributed by atoms with Gasteiger partial charge in [0, 0.05) is 56.9 Å². The zero-order chi connectivity index (χ0) is 17.7. The number of hydrogen-bond donors (Lipinski definition) is 0. The molecule has 4 rings (SSSR count). The first-order chi connectivity index (χ1) is 11.9. The topological polar surface area (TPSA) is 58.4 Å². The van der Waals surface area contributed by atoms with Crippen LogP contribution in [0.25, 0.3) is 0 Å². The first-order valence-electron chi connectivity index (χ1n) is 8.60. The number of nitrogens with zero attached hydrogens (tertiary/aromatic N) is 4. The zero-order valence-electron chi connectivity index (χ0n) is 14.7. The molecule has 2 aliphatic rings. The summed E-state index contributed by atoms with van der Waals surface area (Å²) < 4.78 is 27.5. The summed E-state index contributed by atoms with van der Waals surface area (Å²) in [6, 6.07) is 10.4. The minimum Gasteiger partial charge on any atom is -0.294 e. The molecule has 6 nitrogen and oxygen atoms in total. The van der Waals surface area contributed by atoms with Gasteiger partial charge in [0.05, 0.1) is 11.9 Å². The van der Waals surface area contributed by atoms with E-state index in [1.54, 1.807) is 4.31 Å². The second-order valence-corrected chi connectivity index (χ2v) is 9.42. The lowest BCUT2D eigenvalue weighted by molar-refractivity contribution is 0.170. The van der Waals surface area contributed by atoms with Crippen LogP contribution in [-0.2, 0) is 35.6 Å². The summed E-state index contributed by atoms with van der Waals surface area (Å²) >= 11 is 0. The van der Waals surface area contributed by atoms with Crippen molar-refractivity contribution in [3.63, 3.8) is 0 Å². The molecule has 0 radical (unpaired) electrons. The minimum atomic E-state index is -3.17. The smallest absolute Gasteiger partial charge is 0.211 e. The molecule has 0 saturated carbocycles. The predicted octanol–water partition coefficient (Wildman–Crippen LogP) is 1.34. The van der Waals surface area contributed by atoms with Gasteiger partial charge in [0.25, 0.3) is 0 Å². The molecule has 25 heavy (non-hydrogen) atoms. The normalized spacial score (nSPS) is 24.7. The fourth-order valence-electron chi connectivity index (χ4n) is 4.29. The second-order valence-electron chi connectivity index (χ2n) is 7.43. The number of rotatable bonds is 3. The standard InChI is InChI=1S/C18H24N4O2S/c1-20-11-16-12-21(10-15-6-4-3-5-7-15)13-18(17(16)19-20)8-9-22(14-18)25(2,23)24/h3-7,11H,8-10,12-14H2,1-2H3/t18-/m0/s1. The molecule has 0 amide bonds. The molecule has 1 atom stereocenters. The maximum atomic E-state index is 12.0. The van der Waals surface area contributed by atoms with Crippen LogP contribution in [-0.4, -0.2) is 53.3 Å². The molecule has 1 aromatic carbocycles. The summed E-state index contributed by atoms with van der Waals surface area (Å²) in [7, 11) is -1.23. The zero-order valence-corrected chi connectivity index (χ0v) is 15.5. The summed E-state index contributed by atoms with van der Waals surface area (Å²) in [5, 5.41) is 4.71. The Hall–Kier alpha value is -1.70. The molecule has 0 unspecified atom stereocenters. The van der Waals surface area contributed by atoms with E-state index in [1.165, 1.54) is 17.4 Å². The Morgan fingerprint density at radius 3 is 2.64 bits per heavy atom. The molecular formula is C18H24N4O2S. The Labute approximate surface area is 149 Å². The lowest BCUT2D eigenvalue weighted by atomic mass is 9.78. The molecule has 7 heteroatoms. The van der Waals surface area contributed by atoms with Gasteiger partial charge in [-0.1, -0.05) is 30.3 Å². The van der Waals surface area contributed by atoms with E-state index in [0.29, 0.717) is 13.1 Å². The third-order valence-corrected chi connectivity index (χ3v) is 6.61. The van der Waals surface area contributed by atoms with E-state index in [9.17, 15) is 8.42 Å². The Bertz CT molecular complexity index is 878. The van der Waals surface area contributed by atoms with Gasteiger partial charge >= 0.3 is 0 Å². The molecule has 0 N–H and O–H groups in total. The van der Waals surface area contributed by atoms with Gasteiger partial charge < -0.3 is 0 Å². The van der Waals surface area contributed by atoms with Crippen molar-refractivity contribution in [2.75, 3.05) is 25.9 Å². The molecule has 1 aromatic heterocycles. The van der Waals surface area contributed by atoms with Crippen molar-refractivity contribution in [1.82, 2.24) is 19.0 Å². The summed E-state index contributed by atoms with van der Waals surface area (Å²) in [4.78, 5) is 2.42. The molecule has 0 bridgehead atoms. The van der Waals surface area contributed by atoms with Gasteiger partial charge in [-0.05, 0) is 12.0 Å². The Morgan fingerprint density at radius 2 is 1.96 bits per heavy atom. The molecule has 2 aliphatic heterocycles. The van der Waals surface area contributed by atoms with Crippen molar-refractivity contribution < 1.29 is 8.42 Å². The average molecular weight is 360 g/mol. The van der Waals surface area contributed by atoms with Gasteiger partial charge in [-0.25, -0.2) is 12.7 Å². The monoisotopic (exact) mass is 360 g/mol. The summed E-state index contributed by atoms with van der Waals surface area (Å²) in [5.41, 5.74) is 3.39. The number of hydrogen-bond acceptors (Lipinski definition) is 4. The highest BCUT2D eigenvalue weighted by molar-refractivity contribution is 7.88. The van der Waals surface area contributed by atoms with Crippen LogP contribution in [0.2, 0.25) is 0 Å². The SMILES string of the molecule is Cn1cc2c(n1)[C@@]1(CCN(S(C)(=O)=O)C1)CN(Cc1ccccc1)C2. The third-order valence-electron chi connectivity index (χ3n) is 5.36. The predicted molar refractivity (Wildman–Crippen MR) is 96.5 cm³/mol. The lowest BCUT2D eigenvalue weighted by Gasteiger charge is -2.39. The van der Waals surface area contributed by atoms with Crippen LogP contribution in [0.15, 0.2) is 36.5 Å². The molecule has 0 aliphatic carbocycles. The minimum absolute atomic E-state index is 0.202. The van der Waals surface area contributed by atoms with E-state index in [4.69, 9.17) is 5.10 Å². The van der Waals surface area contributed by atoms with Crippen LogP contribution in [0.5, 0.6) is 0 Å². The molecule has 1 saturated heterocycles. The average Bonchev–Trinajstić information content (AvgIpc) is 3.13. The highest BCUT2D eigenvalue weighted by Crippen LogP contribution is 2.41. The second kappa shape index (κ2) is 5.93.